The summed E-state index contributed by atoms with van der Waals surface area (Å²) in [7, 11) is 0. The highest BCUT2D eigenvalue weighted by atomic mass is 19.4. The zero-order valence-electron chi connectivity index (χ0n) is 11.8. The van der Waals surface area contributed by atoms with Crippen molar-refractivity contribution in [2.24, 2.45) is 5.92 Å². The number of anilines is 2. The van der Waals surface area contributed by atoms with E-state index in [9.17, 15) is 13.2 Å². The molecule has 2 rings (SSSR count). The van der Waals surface area contributed by atoms with Gasteiger partial charge in [-0.3, -0.25) is 0 Å². The molecule has 1 heterocycles. The Morgan fingerprint density at radius 1 is 1.20 bits per heavy atom. The van der Waals surface area contributed by atoms with Gasteiger partial charge in [-0.1, -0.05) is 0 Å². The third-order valence-electron chi connectivity index (χ3n) is 3.39. The van der Waals surface area contributed by atoms with E-state index >= 15 is 0 Å². The first-order valence-electron chi connectivity index (χ1n) is 6.70. The maximum Gasteiger partial charge on any atom is 0.451 e. The number of hydrogen-bond acceptors (Lipinski definition) is 4. The lowest BCUT2D eigenvalue weighted by Gasteiger charge is -2.27. The van der Waals surface area contributed by atoms with E-state index in [2.05, 4.69) is 20.6 Å². The topological polar surface area (TPSA) is 49.8 Å². The minimum atomic E-state index is -4.55. The summed E-state index contributed by atoms with van der Waals surface area (Å²) in [4.78, 5) is 7.09. The maximum atomic E-state index is 12.8. The highest BCUT2D eigenvalue weighted by molar-refractivity contribution is 5.49. The summed E-state index contributed by atoms with van der Waals surface area (Å²) in [6.45, 7) is 6.26. The highest BCUT2D eigenvalue weighted by Crippen LogP contribution is 2.41. The minimum Gasteiger partial charge on any atom is -0.370 e. The molecule has 1 fully saturated rings. The second-order valence-corrected chi connectivity index (χ2v) is 5.61. The van der Waals surface area contributed by atoms with Gasteiger partial charge in [0.25, 0.3) is 0 Å². The first-order chi connectivity index (χ1) is 9.22. The molecule has 2 N–H and O–H groups in total. The van der Waals surface area contributed by atoms with Crippen molar-refractivity contribution in [3.05, 3.63) is 11.9 Å². The molecular formula is C13H19F3N4. The van der Waals surface area contributed by atoms with Gasteiger partial charge in [0.2, 0.25) is 5.82 Å². The Bertz CT molecular complexity index is 481. The third kappa shape index (κ3) is 3.52. The SMILES string of the molecule is CCNc1cc(NC(C)(C)C2CC2)nc(C(F)(F)F)n1. The van der Waals surface area contributed by atoms with Crippen molar-refractivity contribution in [1.29, 1.82) is 0 Å². The summed E-state index contributed by atoms with van der Waals surface area (Å²) in [5, 5.41) is 5.90. The summed E-state index contributed by atoms with van der Waals surface area (Å²) < 4.78 is 38.4. The van der Waals surface area contributed by atoms with Crippen LogP contribution in [0.25, 0.3) is 0 Å². The molecule has 1 saturated carbocycles. The van der Waals surface area contributed by atoms with E-state index in [1.54, 1.807) is 6.92 Å². The van der Waals surface area contributed by atoms with Crippen LogP contribution < -0.4 is 10.6 Å². The molecule has 1 aromatic heterocycles. The van der Waals surface area contributed by atoms with Gasteiger partial charge in [-0.05, 0) is 39.5 Å². The molecular weight excluding hydrogens is 269 g/mol. The first kappa shape index (κ1) is 14.9. The normalized spacial score (nSPS) is 16.1. The Hall–Kier alpha value is -1.53. The Labute approximate surface area is 116 Å². The number of aromatic nitrogens is 2. The molecule has 0 spiro atoms. The van der Waals surface area contributed by atoms with Crippen LogP contribution in [0.3, 0.4) is 0 Å². The fraction of sp³-hybridized carbons (Fsp3) is 0.692. The van der Waals surface area contributed by atoms with Gasteiger partial charge in [0.15, 0.2) is 0 Å². The molecule has 0 bridgehead atoms. The van der Waals surface area contributed by atoms with E-state index in [4.69, 9.17) is 0 Å². The minimum absolute atomic E-state index is 0.184. The van der Waals surface area contributed by atoms with Crippen LogP contribution in [0.4, 0.5) is 24.8 Å². The van der Waals surface area contributed by atoms with E-state index in [0.717, 1.165) is 12.8 Å². The van der Waals surface area contributed by atoms with Crippen LogP contribution in [-0.2, 0) is 6.18 Å². The standard InChI is InChI=1S/C13H19F3N4/c1-4-17-9-7-10(19-11(18-9)13(14,15)16)20-12(2,3)8-5-6-8/h7-8H,4-6H2,1-3H3,(H2,17,18,19,20). The summed E-state index contributed by atoms with van der Waals surface area (Å²) in [6, 6.07) is 1.52. The lowest BCUT2D eigenvalue weighted by atomic mass is 9.99. The van der Waals surface area contributed by atoms with Crippen LogP contribution in [0.5, 0.6) is 0 Å². The Balaban J connectivity index is 2.29. The summed E-state index contributed by atoms with van der Waals surface area (Å²) >= 11 is 0. The Kier molecular flexibility index (Phi) is 3.80. The molecule has 7 heteroatoms. The number of rotatable bonds is 5. The number of nitrogens with zero attached hydrogens (tertiary/aromatic N) is 2. The number of nitrogens with one attached hydrogen (secondary N) is 2. The van der Waals surface area contributed by atoms with Crippen LogP contribution >= 0.6 is 0 Å². The van der Waals surface area contributed by atoms with Gasteiger partial charge in [-0.15, -0.1) is 0 Å². The molecule has 1 aromatic rings. The number of alkyl halides is 3. The second kappa shape index (κ2) is 5.10. The zero-order chi connectivity index (χ0) is 15.0. The fourth-order valence-corrected chi connectivity index (χ4v) is 2.15. The van der Waals surface area contributed by atoms with Crippen molar-refractivity contribution in [2.75, 3.05) is 17.2 Å². The molecule has 0 radical (unpaired) electrons. The summed E-state index contributed by atoms with van der Waals surface area (Å²) in [5.74, 6) is -0.247. The van der Waals surface area contributed by atoms with Gasteiger partial charge in [-0.2, -0.15) is 13.2 Å². The van der Waals surface area contributed by atoms with Crippen LogP contribution in [0.1, 0.15) is 39.4 Å². The molecule has 0 saturated heterocycles. The number of hydrogen-bond donors (Lipinski definition) is 2. The average molecular weight is 288 g/mol. The molecule has 0 aliphatic heterocycles. The second-order valence-electron chi connectivity index (χ2n) is 5.61. The Morgan fingerprint density at radius 3 is 2.30 bits per heavy atom. The van der Waals surface area contributed by atoms with Crippen molar-refractivity contribution < 1.29 is 13.2 Å². The van der Waals surface area contributed by atoms with Gasteiger partial charge in [0.05, 0.1) is 0 Å². The van der Waals surface area contributed by atoms with Crippen molar-refractivity contribution >= 4 is 11.6 Å². The third-order valence-corrected chi connectivity index (χ3v) is 3.39. The molecule has 4 nitrogen and oxygen atoms in total. The molecule has 0 atom stereocenters. The molecule has 0 aromatic carbocycles. The van der Waals surface area contributed by atoms with Crippen molar-refractivity contribution in [2.45, 2.75) is 45.3 Å². The van der Waals surface area contributed by atoms with E-state index in [0.29, 0.717) is 12.5 Å². The summed E-state index contributed by atoms with van der Waals surface area (Å²) in [5.41, 5.74) is -0.263. The van der Waals surface area contributed by atoms with Crippen LogP contribution in [-0.4, -0.2) is 22.1 Å². The van der Waals surface area contributed by atoms with Crippen molar-refractivity contribution in [3.63, 3.8) is 0 Å². The van der Waals surface area contributed by atoms with Crippen LogP contribution in [0, 0.1) is 5.92 Å². The molecule has 0 amide bonds. The van der Waals surface area contributed by atoms with Crippen molar-refractivity contribution in [1.82, 2.24) is 9.97 Å². The molecule has 1 aliphatic carbocycles. The van der Waals surface area contributed by atoms with Crippen LogP contribution in [0.2, 0.25) is 0 Å². The van der Waals surface area contributed by atoms with Gasteiger partial charge in [0, 0.05) is 18.2 Å². The lowest BCUT2D eigenvalue weighted by molar-refractivity contribution is -0.144. The predicted octanol–water partition coefficient (Wildman–Crippen LogP) is 3.53. The summed E-state index contributed by atoms with van der Waals surface area (Å²) in [6.07, 6.45) is -2.36. The predicted molar refractivity (Wildman–Crippen MR) is 71.6 cm³/mol. The van der Waals surface area contributed by atoms with Crippen LogP contribution in [0.15, 0.2) is 6.07 Å². The maximum absolute atomic E-state index is 12.8. The van der Waals surface area contributed by atoms with Gasteiger partial charge >= 0.3 is 6.18 Å². The fourth-order valence-electron chi connectivity index (χ4n) is 2.15. The largest absolute Gasteiger partial charge is 0.451 e. The number of halogens is 3. The van der Waals surface area contributed by atoms with E-state index < -0.39 is 12.0 Å². The average Bonchev–Trinajstić information content (AvgIpc) is 3.11. The molecule has 1 aliphatic rings. The highest BCUT2D eigenvalue weighted by Gasteiger charge is 2.39. The molecule has 20 heavy (non-hydrogen) atoms. The smallest absolute Gasteiger partial charge is 0.370 e. The zero-order valence-corrected chi connectivity index (χ0v) is 11.8. The monoisotopic (exact) mass is 288 g/mol. The Morgan fingerprint density at radius 2 is 1.80 bits per heavy atom. The van der Waals surface area contributed by atoms with Gasteiger partial charge < -0.3 is 10.6 Å². The molecule has 0 unspecified atom stereocenters. The quantitative estimate of drug-likeness (QED) is 0.870. The van der Waals surface area contributed by atoms with Gasteiger partial charge in [-0.25, -0.2) is 9.97 Å². The molecule has 112 valence electrons. The first-order valence-corrected chi connectivity index (χ1v) is 6.70. The lowest BCUT2D eigenvalue weighted by Crippen LogP contribution is -2.34. The van der Waals surface area contributed by atoms with Gasteiger partial charge in [0.1, 0.15) is 11.6 Å². The van der Waals surface area contributed by atoms with E-state index in [1.807, 2.05) is 13.8 Å². The van der Waals surface area contributed by atoms with Crippen molar-refractivity contribution in [3.8, 4) is 0 Å². The van der Waals surface area contributed by atoms with E-state index in [-0.39, 0.29) is 17.2 Å². The van der Waals surface area contributed by atoms with E-state index in [1.165, 1.54) is 6.07 Å².